The van der Waals surface area contributed by atoms with Crippen molar-refractivity contribution in [2.45, 2.75) is 13.5 Å². The fraction of sp³-hybridized carbons (Fsp3) is 0.190. The van der Waals surface area contributed by atoms with Crippen LogP contribution in [0.5, 0.6) is 5.75 Å². The van der Waals surface area contributed by atoms with E-state index in [9.17, 15) is 4.79 Å². The molecule has 27 heavy (non-hydrogen) atoms. The van der Waals surface area contributed by atoms with Crippen LogP contribution in [0.15, 0.2) is 67.0 Å². The minimum Gasteiger partial charge on any atom is -0.497 e. The predicted octanol–water partition coefficient (Wildman–Crippen LogP) is 3.76. The summed E-state index contributed by atoms with van der Waals surface area (Å²) < 4.78 is 5.16. The Labute approximate surface area is 158 Å². The minimum atomic E-state index is -0.312. The molecule has 1 aromatic heterocycles. The van der Waals surface area contributed by atoms with Crippen LogP contribution >= 0.6 is 0 Å². The van der Waals surface area contributed by atoms with Crippen LogP contribution in [0.25, 0.3) is 0 Å². The Morgan fingerprint density at radius 2 is 1.89 bits per heavy atom. The van der Waals surface area contributed by atoms with Crippen LogP contribution in [0.2, 0.25) is 0 Å². The van der Waals surface area contributed by atoms with E-state index in [-0.39, 0.29) is 11.6 Å². The molecule has 6 nitrogen and oxygen atoms in total. The maximum absolute atomic E-state index is 12.4. The number of ether oxygens (including phenoxy) is 1. The highest BCUT2D eigenvalue weighted by atomic mass is 16.5. The molecule has 3 rings (SSSR count). The lowest BCUT2D eigenvalue weighted by molar-refractivity contribution is 0.102. The van der Waals surface area contributed by atoms with E-state index in [1.165, 1.54) is 11.8 Å². The van der Waals surface area contributed by atoms with Gasteiger partial charge in [-0.2, -0.15) is 0 Å². The van der Waals surface area contributed by atoms with Gasteiger partial charge in [0.25, 0.3) is 5.91 Å². The van der Waals surface area contributed by atoms with Crippen molar-refractivity contribution in [3.05, 3.63) is 78.2 Å². The summed E-state index contributed by atoms with van der Waals surface area (Å²) >= 11 is 0. The third-order valence-corrected chi connectivity index (χ3v) is 4.12. The van der Waals surface area contributed by atoms with Crippen molar-refractivity contribution in [2.75, 3.05) is 23.9 Å². The van der Waals surface area contributed by atoms with Gasteiger partial charge in [-0.05, 0) is 24.6 Å². The number of hydrogen-bond acceptors (Lipinski definition) is 5. The molecule has 0 saturated heterocycles. The number of nitrogens with one attached hydrogen (secondary N) is 1. The highest BCUT2D eigenvalue weighted by Gasteiger charge is 2.12. The van der Waals surface area contributed by atoms with E-state index < -0.39 is 0 Å². The normalized spacial score (nSPS) is 10.3. The zero-order chi connectivity index (χ0) is 19.1. The Morgan fingerprint density at radius 3 is 2.56 bits per heavy atom. The number of nitrogens with zero attached hydrogens (tertiary/aromatic N) is 3. The summed E-state index contributed by atoms with van der Waals surface area (Å²) in [6, 6.07) is 17.3. The lowest BCUT2D eigenvalue weighted by Crippen LogP contribution is -2.24. The molecular weight excluding hydrogens is 340 g/mol. The Bertz CT molecular complexity index is 882. The van der Waals surface area contributed by atoms with Gasteiger partial charge in [0.1, 0.15) is 17.3 Å². The van der Waals surface area contributed by atoms with Gasteiger partial charge in [0, 0.05) is 24.8 Å². The molecule has 0 atom stereocenters. The van der Waals surface area contributed by atoms with Crippen molar-refractivity contribution in [3.63, 3.8) is 0 Å². The molecule has 0 aliphatic rings. The van der Waals surface area contributed by atoms with E-state index >= 15 is 0 Å². The van der Waals surface area contributed by atoms with Crippen LogP contribution in [0.1, 0.15) is 23.0 Å². The quantitative estimate of drug-likeness (QED) is 0.693. The maximum Gasteiger partial charge on any atom is 0.275 e. The average molecular weight is 362 g/mol. The second-order valence-electron chi connectivity index (χ2n) is 5.95. The molecule has 1 amide bonds. The van der Waals surface area contributed by atoms with Crippen molar-refractivity contribution >= 4 is 17.4 Å². The molecule has 0 radical (unpaired) electrons. The SMILES string of the molecule is CCN(Cc1ccccc1)c1cnc(C(=O)Nc2cccc(OC)c2)cn1. The van der Waals surface area contributed by atoms with Crippen molar-refractivity contribution in [2.24, 2.45) is 0 Å². The topological polar surface area (TPSA) is 67.4 Å². The van der Waals surface area contributed by atoms with Crippen LogP contribution in [0.3, 0.4) is 0 Å². The smallest absolute Gasteiger partial charge is 0.275 e. The number of carbonyl (C=O) groups excluding carboxylic acids is 1. The summed E-state index contributed by atoms with van der Waals surface area (Å²) in [6.07, 6.45) is 3.13. The molecule has 0 unspecified atom stereocenters. The van der Waals surface area contributed by atoms with Crippen LogP contribution in [-0.2, 0) is 6.54 Å². The molecular formula is C21H22N4O2. The van der Waals surface area contributed by atoms with E-state index in [0.29, 0.717) is 11.4 Å². The summed E-state index contributed by atoms with van der Waals surface area (Å²) in [5, 5.41) is 2.80. The number of methoxy groups -OCH3 is 1. The zero-order valence-electron chi connectivity index (χ0n) is 15.4. The number of anilines is 2. The van der Waals surface area contributed by atoms with Gasteiger partial charge in [0.05, 0.1) is 19.5 Å². The molecule has 3 aromatic rings. The summed E-state index contributed by atoms with van der Waals surface area (Å²) in [4.78, 5) is 23.2. The van der Waals surface area contributed by atoms with Gasteiger partial charge in [0.2, 0.25) is 0 Å². The lowest BCUT2D eigenvalue weighted by atomic mass is 10.2. The standard InChI is InChI=1S/C21H22N4O2/c1-3-25(15-16-8-5-4-6-9-16)20-14-22-19(13-23-20)21(26)24-17-10-7-11-18(12-17)27-2/h4-14H,3,15H2,1-2H3,(H,24,26). The lowest BCUT2D eigenvalue weighted by Gasteiger charge is -2.21. The Balaban J connectivity index is 1.69. The summed E-state index contributed by atoms with van der Waals surface area (Å²) in [5.41, 5.74) is 2.10. The maximum atomic E-state index is 12.4. The molecule has 0 aliphatic carbocycles. The van der Waals surface area contributed by atoms with E-state index in [0.717, 1.165) is 18.9 Å². The molecule has 0 spiro atoms. The fourth-order valence-electron chi connectivity index (χ4n) is 2.66. The second-order valence-corrected chi connectivity index (χ2v) is 5.95. The minimum absolute atomic E-state index is 0.261. The highest BCUT2D eigenvalue weighted by molar-refractivity contribution is 6.02. The monoisotopic (exact) mass is 362 g/mol. The third kappa shape index (κ3) is 4.82. The van der Waals surface area contributed by atoms with Gasteiger partial charge in [-0.25, -0.2) is 9.97 Å². The molecule has 6 heteroatoms. The van der Waals surface area contributed by atoms with Gasteiger partial charge in [-0.15, -0.1) is 0 Å². The molecule has 1 N–H and O–H groups in total. The molecule has 0 saturated carbocycles. The van der Waals surface area contributed by atoms with E-state index in [2.05, 4.69) is 39.2 Å². The van der Waals surface area contributed by atoms with Crippen molar-refractivity contribution in [1.82, 2.24) is 9.97 Å². The molecule has 2 aromatic carbocycles. The zero-order valence-corrected chi connectivity index (χ0v) is 15.4. The Hall–Kier alpha value is -3.41. The highest BCUT2D eigenvalue weighted by Crippen LogP contribution is 2.18. The van der Waals surface area contributed by atoms with Crippen LogP contribution in [0.4, 0.5) is 11.5 Å². The average Bonchev–Trinajstić information content (AvgIpc) is 2.73. The van der Waals surface area contributed by atoms with Crippen molar-refractivity contribution in [3.8, 4) is 5.75 Å². The van der Waals surface area contributed by atoms with Crippen molar-refractivity contribution in [1.29, 1.82) is 0 Å². The first kappa shape index (κ1) is 18.4. The molecule has 0 bridgehead atoms. The van der Waals surface area contributed by atoms with Gasteiger partial charge in [-0.1, -0.05) is 36.4 Å². The van der Waals surface area contributed by atoms with E-state index in [4.69, 9.17) is 4.74 Å². The first-order chi connectivity index (χ1) is 13.2. The Kier molecular flexibility index (Phi) is 5.99. The summed E-state index contributed by atoms with van der Waals surface area (Å²) in [5.74, 6) is 1.10. The van der Waals surface area contributed by atoms with Crippen LogP contribution < -0.4 is 15.0 Å². The third-order valence-electron chi connectivity index (χ3n) is 4.12. The predicted molar refractivity (Wildman–Crippen MR) is 106 cm³/mol. The molecule has 0 fully saturated rings. The molecule has 1 heterocycles. The Morgan fingerprint density at radius 1 is 1.07 bits per heavy atom. The van der Waals surface area contributed by atoms with Crippen molar-refractivity contribution < 1.29 is 9.53 Å². The van der Waals surface area contributed by atoms with Crippen LogP contribution in [0, 0.1) is 0 Å². The van der Waals surface area contributed by atoms with Gasteiger partial charge in [-0.3, -0.25) is 4.79 Å². The number of amides is 1. The first-order valence-electron chi connectivity index (χ1n) is 8.76. The largest absolute Gasteiger partial charge is 0.497 e. The number of benzene rings is 2. The second kappa shape index (κ2) is 8.80. The van der Waals surface area contributed by atoms with Gasteiger partial charge in [0.15, 0.2) is 0 Å². The summed E-state index contributed by atoms with van der Waals surface area (Å²) in [6.45, 7) is 3.59. The van der Waals surface area contributed by atoms with E-state index in [1.54, 1.807) is 25.4 Å². The van der Waals surface area contributed by atoms with Gasteiger partial charge < -0.3 is 15.0 Å². The first-order valence-corrected chi connectivity index (χ1v) is 8.76. The van der Waals surface area contributed by atoms with Crippen LogP contribution in [-0.4, -0.2) is 29.5 Å². The fourth-order valence-corrected chi connectivity index (χ4v) is 2.66. The number of carbonyl (C=O) groups is 1. The summed E-state index contributed by atoms with van der Waals surface area (Å²) in [7, 11) is 1.58. The molecule has 138 valence electrons. The van der Waals surface area contributed by atoms with Gasteiger partial charge >= 0.3 is 0 Å². The molecule has 0 aliphatic heterocycles. The number of rotatable bonds is 7. The van der Waals surface area contributed by atoms with E-state index in [1.807, 2.05) is 30.3 Å². The number of aromatic nitrogens is 2. The number of hydrogen-bond donors (Lipinski definition) is 1.